The maximum Gasteiger partial charge on any atom is 0.123 e. The highest BCUT2D eigenvalue weighted by atomic mass is 79.9. The molecule has 104 valence electrons. The monoisotopic (exact) mass is 333 g/mol. The molecule has 1 fully saturated rings. The Bertz CT molecular complexity index is 605. The lowest BCUT2D eigenvalue weighted by atomic mass is 10.0. The first kappa shape index (κ1) is 13.6. The lowest BCUT2D eigenvalue weighted by molar-refractivity contribution is 0.622. The molecule has 1 N–H and O–H groups in total. The minimum atomic E-state index is -0.181. The van der Waals surface area contributed by atoms with E-state index < -0.39 is 0 Å². The number of halogens is 2. The first-order chi connectivity index (χ1) is 9.63. The molecule has 1 saturated carbocycles. The zero-order valence-corrected chi connectivity index (χ0v) is 13.0. The van der Waals surface area contributed by atoms with Gasteiger partial charge in [-0.05, 0) is 77.0 Å². The van der Waals surface area contributed by atoms with Crippen LogP contribution in [0.15, 0.2) is 46.9 Å². The molecule has 0 aliphatic heterocycles. The van der Waals surface area contributed by atoms with Crippen molar-refractivity contribution < 1.29 is 4.39 Å². The zero-order valence-electron chi connectivity index (χ0n) is 11.4. The average molecular weight is 334 g/mol. The molecule has 1 unspecified atom stereocenters. The molecule has 0 spiro atoms. The van der Waals surface area contributed by atoms with Crippen LogP contribution in [-0.4, -0.2) is 0 Å². The molecular formula is C17H17BrFN. The van der Waals surface area contributed by atoms with Crippen LogP contribution in [0.25, 0.3) is 0 Å². The smallest absolute Gasteiger partial charge is 0.123 e. The van der Waals surface area contributed by atoms with Crippen LogP contribution < -0.4 is 5.32 Å². The second kappa shape index (κ2) is 5.57. The van der Waals surface area contributed by atoms with Crippen molar-refractivity contribution in [3.63, 3.8) is 0 Å². The Hall–Kier alpha value is -1.35. The number of hydrogen-bond acceptors (Lipinski definition) is 1. The molecule has 3 heteroatoms. The summed E-state index contributed by atoms with van der Waals surface area (Å²) in [6.07, 6.45) is 2.47. The maximum atomic E-state index is 13.1. The van der Waals surface area contributed by atoms with Gasteiger partial charge in [0.15, 0.2) is 0 Å². The summed E-state index contributed by atoms with van der Waals surface area (Å²) in [5, 5.41) is 3.60. The van der Waals surface area contributed by atoms with Crippen molar-refractivity contribution in [3.8, 4) is 0 Å². The third-order valence-electron chi connectivity index (χ3n) is 3.76. The number of hydrogen-bond donors (Lipinski definition) is 1. The predicted molar refractivity (Wildman–Crippen MR) is 84.4 cm³/mol. The van der Waals surface area contributed by atoms with E-state index in [2.05, 4.69) is 46.4 Å². The summed E-state index contributed by atoms with van der Waals surface area (Å²) in [4.78, 5) is 0. The maximum absolute atomic E-state index is 13.1. The topological polar surface area (TPSA) is 12.0 Å². The first-order valence-corrected chi connectivity index (χ1v) is 7.71. The molecule has 2 aromatic rings. The SMILES string of the molecule is Cc1ccc(NC(c2ccc(F)cc2)C2CC2)c(Br)c1. The first-order valence-electron chi connectivity index (χ1n) is 6.91. The molecule has 20 heavy (non-hydrogen) atoms. The van der Waals surface area contributed by atoms with Crippen molar-refractivity contribution in [1.29, 1.82) is 0 Å². The fourth-order valence-electron chi connectivity index (χ4n) is 2.48. The van der Waals surface area contributed by atoms with E-state index in [4.69, 9.17) is 0 Å². The molecule has 0 aromatic heterocycles. The fraction of sp³-hybridized carbons (Fsp3) is 0.294. The lowest BCUT2D eigenvalue weighted by Gasteiger charge is -2.21. The third kappa shape index (κ3) is 3.04. The molecule has 1 atom stereocenters. The lowest BCUT2D eigenvalue weighted by Crippen LogP contribution is -2.13. The van der Waals surface area contributed by atoms with Gasteiger partial charge < -0.3 is 5.32 Å². The van der Waals surface area contributed by atoms with Gasteiger partial charge >= 0.3 is 0 Å². The van der Waals surface area contributed by atoms with Gasteiger partial charge in [0.2, 0.25) is 0 Å². The normalized spacial score (nSPS) is 15.9. The van der Waals surface area contributed by atoms with Gasteiger partial charge in [0.1, 0.15) is 5.82 Å². The van der Waals surface area contributed by atoms with Crippen molar-refractivity contribution in [2.24, 2.45) is 5.92 Å². The molecule has 0 amide bonds. The number of aryl methyl sites for hydroxylation is 1. The minimum Gasteiger partial charge on any atom is -0.377 e. The molecular weight excluding hydrogens is 317 g/mol. The van der Waals surface area contributed by atoms with Crippen molar-refractivity contribution in [2.75, 3.05) is 5.32 Å². The van der Waals surface area contributed by atoms with E-state index in [1.54, 1.807) is 0 Å². The molecule has 0 bridgehead atoms. The van der Waals surface area contributed by atoms with Crippen LogP contribution in [0.1, 0.15) is 30.0 Å². The number of benzene rings is 2. The van der Waals surface area contributed by atoms with E-state index in [1.165, 1.54) is 30.5 Å². The van der Waals surface area contributed by atoms with Gasteiger partial charge in [-0.1, -0.05) is 18.2 Å². The van der Waals surface area contributed by atoms with Gasteiger partial charge in [-0.25, -0.2) is 4.39 Å². The summed E-state index contributed by atoms with van der Waals surface area (Å²) in [5.74, 6) is 0.466. The van der Waals surface area contributed by atoms with E-state index in [9.17, 15) is 4.39 Å². The van der Waals surface area contributed by atoms with Gasteiger partial charge in [-0.2, -0.15) is 0 Å². The van der Waals surface area contributed by atoms with Gasteiger partial charge in [0.25, 0.3) is 0 Å². The second-order valence-electron chi connectivity index (χ2n) is 5.49. The minimum absolute atomic E-state index is 0.181. The highest BCUT2D eigenvalue weighted by Gasteiger charge is 2.32. The molecule has 1 nitrogen and oxygen atoms in total. The van der Waals surface area contributed by atoms with Crippen LogP contribution in [0.2, 0.25) is 0 Å². The Morgan fingerprint density at radius 2 is 1.85 bits per heavy atom. The Morgan fingerprint density at radius 3 is 2.45 bits per heavy atom. The Labute approximate surface area is 127 Å². The summed E-state index contributed by atoms with van der Waals surface area (Å²) in [5.41, 5.74) is 3.48. The van der Waals surface area contributed by atoms with Gasteiger partial charge in [-0.3, -0.25) is 0 Å². The van der Waals surface area contributed by atoms with Crippen LogP contribution in [0.5, 0.6) is 0 Å². The van der Waals surface area contributed by atoms with Crippen LogP contribution >= 0.6 is 15.9 Å². The van der Waals surface area contributed by atoms with E-state index in [1.807, 2.05) is 12.1 Å². The fourth-order valence-corrected chi connectivity index (χ4v) is 3.09. The van der Waals surface area contributed by atoms with Gasteiger partial charge in [0.05, 0.1) is 6.04 Å². The van der Waals surface area contributed by atoms with Crippen LogP contribution in [-0.2, 0) is 0 Å². The predicted octanol–water partition coefficient (Wildman–Crippen LogP) is 5.46. The van der Waals surface area contributed by atoms with Crippen LogP contribution in [0, 0.1) is 18.7 Å². The molecule has 0 radical (unpaired) electrons. The number of rotatable bonds is 4. The van der Waals surface area contributed by atoms with Gasteiger partial charge in [-0.15, -0.1) is 0 Å². The summed E-state index contributed by atoms with van der Waals surface area (Å²) in [6, 6.07) is 13.4. The molecule has 1 aliphatic rings. The summed E-state index contributed by atoms with van der Waals surface area (Å²) in [7, 11) is 0. The molecule has 3 rings (SSSR count). The largest absolute Gasteiger partial charge is 0.377 e. The number of anilines is 1. The summed E-state index contributed by atoms with van der Waals surface area (Å²) < 4.78 is 14.1. The van der Waals surface area contributed by atoms with Crippen LogP contribution in [0.4, 0.5) is 10.1 Å². The Kier molecular flexibility index (Phi) is 3.79. The summed E-state index contributed by atoms with van der Waals surface area (Å²) >= 11 is 3.61. The average Bonchev–Trinajstić information content (AvgIpc) is 3.24. The number of nitrogens with one attached hydrogen (secondary N) is 1. The van der Waals surface area contributed by atoms with Crippen molar-refractivity contribution in [2.45, 2.75) is 25.8 Å². The zero-order chi connectivity index (χ0) is 14.1. The van der Waals surface area contributed by atoms with E-state index in [0.717, 1.165) is 15.7 Å². The van der Waals surface area contributed by atoms with E-state index in [-0.39, 0.29) is 11.9 Å². The van der Waals surface area contributed by atoms with E-state index >= 15 is 0 Å². The second-order valence-corrected chi connectivity index (χ2v) is 6.35. The van der Waals surface area contributed by atoms with E-state index in [0.29, 0.717) is 5.92 Å². The Balaban J connectivity index is 1.86. The Morgan fingerprint density at radius 1 is 1.15 bits per heavy atom. The summed E-state index contributed by atoms with van der Waals surface area (Å²) in [6.45, 7) is 2.08. The molecule has 0 saturated heterocycles. The highest BCUT2D eigenvalue weighted by Crippen LogP contribution is 2.43. The van der Waals surface area contributed by atoms with Crippen molar-refractivity contribution >= 4 is 21.6 Å². The van der Waals surface area contributed by atoms with Crippen molar-refractivity contribution in [3.05, 3.63) is 63.9 Å². The standard InChI is InChI=1S/C17H17BrFN/c1-11-2-9-16(15(18)10-11)20-17(12-3-4-12)13-5-7-14(19)8-6-13/h2,5-10,12,17,20H,3-4H2,1H3. The van der Waals surface area contributed by atoms with Crippen LogP contribution in [0.3, 0.4) is 0 Å². The van der Waals surface area contributed by atoms with Gasteiger partial charge in [0, 0.05) is 10.2 Å². The van der Waals surface area contributed by atoms with Crippen molar-refractivity contribution in [1.82, 2.24) is 0 Å². The molecule has 2 aromatic carbocycles. The highest BCUT2D eigenvalue weighted by molar-refractivity contribution is 9.10. The quantitative estimate of drug-likeness (QED) is 0.783. The third-order valence-corrected chi connectivity index (χ3v) is 4.41. The molecule has 1 aliphatic carbocycles. The molecule has 0 heterocycles.